The molecular formula is C11H11N3S. The third kappa shape index (κ3) is 2.13. The summed E-state index contributed by atoms with van der Waals surface area (Å²) in [5.74, 6) is 2.06. The number of fused-ring (bicyclic) bond motifs is 1. The Morgan fingerprint density at radius 3 is 3.13 bits per heavy atom. The van der Waals surface area contributed by atoms with E-state index >= 15 is 0 Å². The number of aromatic nitrogens is 2. The second kappa shape index (κ2) is 4.37. The van der Waals surface area contributed by atoms with Gasteiger partial charge < -0.3 is 4.98 Å². The number of benzene rings is 1. The number of hydrogen-bond acceptors (Lipinski definition) is 3. The minimum atomic E-state index is 0.658. The van der Waals surface area contributed by atoms with E-state index in [1.165, 1.54) is 0 Å². The standard InChI is InChI=1S/C11H11N3S/c1-15-5-4-11-13-9-3-2-8(7-12)6-10(9)14-11/h2-3,6H,4-5H2,1H3,(H,13,14). The summed E-state index contributed by atoms with van der Waals surface area (Å²) >= 11 is 1.80. The minimum absolute atomic E-state index is 0.658. The van der Waals surface area contributed by atoms with Crippen LogP contribution in [-0.4, -0.2) is 22.0 Å². The average molecular weight is 217 g/mol. The molecule has 15 heavy (non-hydrogen) atoms. The molecule has 0 aliphatic heterocycles. The van der Waals surface area contributed by atoms with Crippen LogP contribution in [0.4, 0.5) is 0 Å². The zero-order chi connectivity index (χ0) is 10.7. The summed E-state index contributed by atoms with van der Waals surface area (Å²) in [6.07, 6.45) is 3.02. The summed E-state index contributed by atoms with van der Waals surface area (Å²) in [4.78, 5) is 7.69. The molecule has 0 bridgehead atoms. The van der Waals surface area contributed by atoms with Crippen LogP contribution in [0.5, 0.6) is 0 Å². The maximum absolute atomic E-state index is 8.75. The van der Waals surface area contributed by atoms with Gasteiger partial charge in [-0.2, -0.15) is 17.0 Å². The first kappa shape index (κ1) is 10.1. The maximum atomic E-state index is 8.75. The van der Waals surface area contributed by atoms with Gasteiger partial charge in [-0.25, -0.2) is 4.98 Å². The highest BCUT2D eigenvalue weighted by Gasteiger charge is 2.02. The lowest BCUT2D eigenvalue weighted by Gasteiger charge is -1.90. The molecule has 0 radical (unpaired) electrons. The van der Waals surface area contributed by atoms with E-state index in [1.54, 1.807) is 17.8 Å². The number of imidazole rings is 1. The Bertz CT molecular complexity index is 510. The number of thioether (sulfide) groups is 1. The lowest BCUT2D eigenvalue weighted by molar-refractivity contribution is 1.01. The van der Waals surface area contributed by atoms with Crippen molar-refractivity contribution in [2.45, 2.75) is 6.42 Å². The normalized spacial score (nSPS) is 10.4. The fourth-order valence-corrected chi connectivity index (χ4v) is 1.84. The Morgan fingerprint density at radius 1 is 1.53 bits per heavy atom. The first-order valence-corrected chi connectivity index (χ1v) is 6.10. The van der Waals surface area contributed by atoms with Crippen LogP contribution in [0.1, 0.15) is 11.4 Å². The molecule has 0 amide bonds. The molecule has 0 aliphatic carbocycles. The smallest absolute Gasteiger partial charge is 0.108 e. The van der Waals surface area contributed by atoms with Gasteiger partial charge in [0.15, 0.2) is 0 Å². The number of aromatic amines is 1. The molecule has 76 valence electrons. The Balaban J connectivity index is 2.34. The van der Waals surface area contributed by atoms with Crippen molar-refractivity contribution >= 4 is 22.8 Å². The predicted molar refractivity (Wildman–Crippen MR) is 62.9 cm³/mol. The van der Waals surface area contributed by atoms with E-state index in [2.05, 4.69) is 22.3 Å². The van der Waals surface area contributed by atoms with E-state index in [9.17, 15) is 0 Å². The Labute approximate surface area is 92.5 Å². The second-order valence-corrected chi connectivity index (χ2v) is 4.26. The molecule has 0 unspecified atom stereocenters. The van der Waals surface area contributed by atoms with Gasteiger partial charge in [0.05, 0.1) is 22.7 Å². The van der Waals surface area contributed by atoms with Crippen LogP contribution in [0, 0.1) is 11.3 Å². The van der Waals surface area contributed by atoms with Gasteiger partial charge in [0.1, 0.15) is 5.82 Å². The first-order chi connectivity index (χ1) is 7.33. The van der Waals surface area contributed by atoms with Crippen LogP contribution >= 0.6 is 11.8 Å². The topological polar surface area (TPSA) is 52.5 Å². The van der Waals surface area contributed by atoms with Gasteiger partial charge in [0.25, 0.3) is 0 Å². The number of H-pyrrole nitrogens is 1. The van der Waals surface area contributed by atoms with Gasteiger partial charge in [-0.3, -0.25) is 0 Å². The highest BCUT2D eigenvalue weighted by Crippen LogP contribution is 2.14. The predicted octanol–water partition coefficient (Wildman–Crippen LogP) is 2.34. The molecule has 0 saturated carbocycles. The summed E-state index contributed by atoms with van der Waals surface area (Å²) in [5.41, 5.74) is 2.54. The summed E-state index contributed by atoms with van der Waals surface area (Å²) < 4.78 is 0. The van der Waals surface area contributed by atoms with E-state index in [0.717, 1.165) is 29.0 Å². The zero-order valence-corrected chi connectivity index (χ0v) is 9.27. The van der Waals surface area contributed by atoms with E-state index < -0.39 is 0 Å². The Morgan fingerprint density at radius 2 is 2.40 bits per heavy atom. The van der Waals surface area contributed by atoms with Crippen LogP contribution in [0.2, 0.25) is 0 Å². The number of nitriles is 1. The quantitative estimate of drug-likeness (QED) is 0.858. The molecule has 1 heterocycles. The number of nitrogens with zero attached hydrogens (tertiary/aromatic N) is 2. The van der Waals surface area contributed by atoms with Gasteiger partial charge in [-0.05, 0) is 24.5 Å². The second-order valence-electron chi connectivity index (χ2n) is 3.27. The summed E-state index contributed by atoms with van der Waals surface area (Å²) in [5, 5.41) is 8.75. The molecule has 4 heteroatoms. The maximum Gasteiger partial charge on any atom is 0.108 e. The average Bonchev–Trinajstić information content (AvgIpc) is 2.67. The van der Waals surface area contributed by atoms with Crippen molar-refractivity contribution in [3.63, 3.8) is 0 Å². The van der Waals surface area contributed by atoms with Crippen molar-refractivity contribution in [1.82, 2.24) is 9.97 Å². The Kier molecular flexibility index (Phi) is 2.93. The molecular weight excluding hydrogens is 206 g/mol. The highest BCUT2D eigenvalue weighted by atomic mass is 32.2. The number of aryl methyl sites for hydroxylation is 1. The fraction of sp³-hybridized carbons (Fsp3) is 0.273. The summed E-state index contributed by atoms with van der Waals surface area (Å²) in [6, 6.07) is 7.64. The molecule has 2 aromatic rings. The fourth-order valence-electron chi connectivity index (χ4n) is 1.45. The lowest BCUT2D eigenvalue weighted by atomic mass is 10.2. The molecule has 1 aromatic carbocycles. The van der Waals surface area contributed by atoms with Crippen molar-refractivity contribution < 1.29 is 0 Å². The van der Waals surface area contributed by atoms with Gasteiger partial charge in [0, 0.05) is 12.2 Å². The molecule has 1 aromatic heterocycles. The number of rotatable bonds is 3. The van der Waals surface area contributed by atoms with Crippen molar-refractivity contribution in [2.75, 3.05) is 12.0 Å². The molecule has 1 N–H and O–H groups in total. The molecule has 0 fully saturated rings. The molecule has 0 aliphatic rings. The largest absolute Gasteiger partial charge is 0.342 e. The van der Waals surface area contributed by atoms with Crippen LogP contribution in [-0.2, 0) is 6.42 Å². The summed E-state index contributed by atoms with van der Waals surface area (Å²) in [6.45, 7) is 0. The highest BCUT2D eigenvalue weighted by molar-refractivity contribution is 7.98. The molecule has 0 saturated heterocycles. The third-order valence-corrected chi connectivity index (χ3v) is 2.82. The monoisotopic (exact) mass is 217 g/mol. The zero-order valence-electron chi connectivity index (χ0n) is 8.45. The van der Waals surface area contributed by atoms with E-state index in [-0.39, 0.29) is 0 Å². The van der Waals surface area contributed by atoms with Crippen molar-refractivity contribution in [2.24, 2.45) is 0 Å². The molecule has 0 spiro atoms. The first-order valence-electron chi connectivity index (χ1n) is 4.71. The van der Waals surface area contributed by atoms with Crippen LogP contribution < -0.4 is 0 Å². The number of hydrogen-bond donors (Lipinski definition) is 1. The van der Waals surface area contributed by atoms with Gasteiger partial charge in [0.2, 0.25) is 0 Å². The minimum Gasteiger partial charge on any atom is -0.342 e. The molecule has 2 rings (SSSR count). The van der Waals surface area contributed by atoms with E-state index in [4.69, 9.17) is 5.26 Å². The van der Waals surface area contributed by atoms with Crippen LogP contribution in [0.3, 0.4) is 0 Å². The Hall–Kier alpha value is -1.47. The van der Waals surface area contributed by atoms with Gasteiger partial charge in [-0.1, -0.05) is 0 Å². The van der Waals surface area contributed by atoms with E-state index in [0.29, 0.717) is 5.56 Å². The SMILES string of the molecule is CSCCc1nc2cc(C#N)ccc2[nH]1. The molecule has 3 nitrogen and oxygen atoms in total. The van der Waals surface area contributed by atoms with Crippen molar-refractivity contribution in [3.8, 4) is 6.07 Å². The van der Waals surface area contributed by atoms with Crippen LogP contribution in [0.25, 0.3) is 11.0 Å². The third-order valence-electron chi connectivity index (χ3n) is 2.20. The van der Waals surface area contributed by atoms with Crippen molar-refractivity contribution in [3.05, 3.63) is 29.6 Å². The molecule has 0 atom stereocenters. The summed E-state index contributed by atoms with van der Waals surface area (Å²) in [7, 11) is 0. The lowest BCUT2D eigenvalue weighted by Crippen LogP contribution is -1.89. The van der Waals surface area contributed by atoms with E-state index in [1.807, 2.05) is 12.1 Å². The van der Waals surface area contributed by atoms with Gasteiger partial charge >= 0.3 is 0 Å². The van der Waals surface area contributed by atoms with Crippen molar-refractivity contribution in [1.29, 1.82) is 5.26 Å². The number of nitrogens with one attached hydrogen (secondary N) is 1. The van der Waals surface area contributed by atoms with Crippen LogP contribution in [0.15, 0.2) is 18.2 Å². The van der Waals surface area contributed by atoms with Gasteiger partial charge in [-0.15, -0.1) is 0 Å².